The Balaban J connectivity index is 0.00000162. The summed E-state index contributed by atoms with van der Waals surface area (Å²) >= 11 is 0. The number of nitrogens with one attached hydrogen (secondary N) is 1. The summed E-state index contributed by atoms with van der Waals surface area (Å²) < 4.78 is 0. The molecule has 0 aliphatic heterocycles. The second kappa shape index (κ2) is 8.64. The number of hydrogen-bond donors (Lipinski definition) is 1. The molecule has 0 unspecified atom stereocenters. The van der Waals surface area contributed by atoms with E-state index in [0.29, 0.717) is 12.1 Å². The van der Waals surface area contributed by atoms with Crippen LogP contribution in [0.2, 0.25) is 0 Å². The standard InChI is InChI=1S/C15H15NO.CH3.Re/c1-12-7-9-13(10-8-12)11-16-15(17)14-5-3-2-4-6-14;;/h2-10H,11H2,1H3,(H,16,17);1H3;/q;-1;. The molecule has 2 nitrogen and oxygen atoms in total. The van der Waals surface area contributed by atoms with Crippen LogP contribution in [-0.4, -0.2) is 5.91 Å². The molecule has 0 aromatic heterocycles. The van der Waals surface area contributed by atoms with Crippen LogP contribution in [0.1, 0.15) is 21.5 Å². The normalized spacial score (nSPS) is 8.89. The average molecular weight is 427 g/mol. The predicted molar refractivity (Wildman–Crippen MR) is 75.2 cm³/mol. The van der Waals surface area contributed by atoms with Crippen LogP contribution in [0.15, 0.2) is 54.6 Å². The van der Waals surface area contributed by atoms with Crippen molar-refractivity contribution in [1.82, 2.24) is 5.32 Å². The quantitative estimate of drug-likeness (QED) is 0.750. The van der Waals surface area contributed by atoms with Crippen LogP contribution in [0.5, 0.6) is 0 Å². The zero-order valence-corrected chi connectivity index (χ0v) is 13.9. The molecule has 1 radical (unpaired) electrons. The van der Waals surface area contributed by atoms with E-state index in [2.05, 4.69) is 5.32 Å². The summed E-state index contributed by atoms with van der Waals surface area (Å²) in [6.07, 6.45) is 0. The van der Waals surface area contributed by atoms with Gasteiger partial charge in [0.05, 0.1) is 0 Å². The zero-order chi connectivity index (χ0) is 12.1. The van der Waals surface area contributed by atoms with Crippen molar-refractivity contribution in [2.45, 2.75) is 13.5 Å². The van der Waals surface area contributed by atoms with Gasteiger partial charge in [-0.15, -0.1) is 0 Å². The number of aryl methyl sites for hydroxylation is 1. The molecule has 1 N–H and O–H groups in total. The molecule has 101 valence electrons. The van der Waals surface area contributed by atoms with Crippen molar-refractivity contribution in [2.75, 3.05) is 0 Å². The van der Waals surface area contributed by atoms with Crippen LogP contribution < -0.4 is 5.32 Å². The largest absolute Gasteiger partial charge is 0.358 e. The van der Waals surface area contributed by atoms with Gasteiger partial charge < -0.3 is 12.7 Å². The monoisotopic (exact) mass is 427 g/mol. The molecule has 0 saturated heterocycles. The van der Waals surface area contributed by atoms with E-state index in [9.17, 15) is 4.79 Å². The minimum atomic E-state index is -0.0359. The van der Waals surface area contributed by atoms with Gasteiger partial charge in [-0.3, -0.25) is 4.79 Å². The minimum Gasteiger partial charge on any atom is -0.358 e. The first-order valence-electron chi connectivity index (χ1n) is 5.64. The van der Waals surface area contributed by atoms with Crippen LogP contribution >= 0.6 is 0 Å². The van der Waals surface area contributed by atoms with Gasteiger partial charge in [0.15, 0.2) is 0 Å². The van der Waals surface area contributed by atoms with Crippen LogP contribution in [0.25, 0.3) is 0 Å². The van der Waals surface area contributed by atoms with E-state index in [4.69, 9.17) is 0 Å². The fourth-order valence-electron chi connectivity index (χ4n) is 1.58. The second-order valence-corrected chi connectivity index (χ2v) is 4.03. The van der Waals surface area contributed by atoms with Crippen molar-refractivity contribution < 1.29 is 25.2 Å². The molecule has 0 fully saturated rings. The van der Waals surface area contributed by atoms with E-state index in [0.717, 1.165) is 5.56 Å². The third-order valence-electron chi connectivity index (χ3n) is 2.61. The average Bonchev–Trinajstić information content (AvgIpc) is 2.39. The predicted octanol–water partition coefficient (Wildman–Crippen LogP) is 3.37. The van der Waals surface area contributed by atoms with Gasteiger partial charge in [-0.1, -0.05) is 48.0 Å². The van der Waals surface area contributed by atoms with Crippen molar-refractivity contribution in [1.29, 1.82) is 0 Å². The van der Waals surface area contributed by atoms with E-state index in [1.165, 1.54) is 5.56 Å². The summed E-state index contributed by atoms with van der Waals surface area (Å²) in [6.45, 7) is 2.61. The summed E-state index contributed by atoms with van der Waals surface area (Å²) in [6, 6.07) is 17.4. The van der Waals surface area contributed by atoms with E-state index >= 15 is 0 Å². The smallest absolute Gasteiger partial charge is 0.251 e. The van der Waals surface area contributed by atoms with E-state index in [-0.39, 0.29) is 33.8 Å². The summed E-state index contributed by atoms with van der Waals surface area (Å²) in [4.78, 5) is 11.8. The number of hydrogen-bond acceptors (Lipinski definition) is 1. The number of rotatable bonds is 3. The topological polar surface area (TPSA) is 29.1 Å². The fraction of sp³-hybridized carbons (Fsp3) is 0.125. The molecule has 0 saturated carbocycles. The maximum Gasteiger partial charge on any atom is 0.251 e. The minimum absolute atomic E-state index is 0. The maximum absolute atomic E-state index is 11.8. The fourth-order valence-corrected chi connectivity index (χ4v) is 1.58. The van der Waals surface area contributed by atoms with Gasteiger partial charge in [0.1, 0.15) is 0 Å². The molecule has 2 aromatic rings. The Morgan fingerprint density at radius 1 is 1.00 bits per heavy atom. The van der Waals surface area contributed by atoms with Gasteiger partial charge in [0.2, 0.25) is 0 Å². The summed E-state index contributed by atoms with van der Waals surface area (Å²) in [5.41, 5.74) is 3.03. The van der Waals surface area contributed by atoms with Gasteiger partial charge in [0, 0.05) is 32.5 Å². The molecule has 0 bridgehead atoms. The molecular weight excluding hydrogens is 408 g/mol. The number of benzene rings is 2. The number of carbonyl (C=O) groups excluding carboxylic acids is 1. The molecule has 19 heavy (non-hydrogen) atoms. The molecular formula is C16H18NORe-. The summed E-state index contributed by atoms with van der Waals surface area (Å²) in [5.74, 6) is -0.0359. The maximum atomic E-state index is 11.8. The Hall–Kier alpha value is -1.43. The Morgan fingerprint density at radius 3 is 2.16 bits per heavy atom. The summed E-state index contributed by atoms with van der Waals surface area (Å²) in [7, 11) is 0. The van der Waals surface area contributed by atoms with Crippen molar-refractivity contribution in [3.05, 3.63) is 78.7 Å². The van der Waals surface area contributed by atoms with Gasteiger partial charge in [-0.25, -0.2) is 0 Å². The first-order valence-corrected chi connectivity index (χ1v) is 5.64. The number of carbonyl (C=O) groups is 1. The summed E-state index contributed by atoms with van der Waals surface area (Å²) in [5, 5.41) is 2.90. The molecule has 1 amide bonds. The number of amides is 1. The van der Waals surface area contributed by atoms with Gasteiger partial charge in [-0.05, 0) is 24.6 Å². The first-order chi connectivity index (χ1) is 8.25. The van der Waals surface area contributed by atoms with Crippen LogP contribution in [0, 0.1) is 14.4 Å². The van der Waals surface area contributed by atoms with E-state index in [1.54, 1.807) is 0 Å². The SMILES string of the molecule is Cc1ccc(CNC(=O)c2ccccc2)cc1.[CH3-].[Re]. The zero-order valence-electron chi connectivity index (χ0n) is 11.2. The Labute approximate surface area is 128 Å². The Morgan fingerprint density at radius 2 is 1.58 bits per heavy atom. The van der Waals surface area contributed by atoms with Crippen LogP contribution in [0.3, 0.4) is 0 Å². The second-order valence-electron chi connectivity index (χ2n) is 4.03. The Bertz CT molecular complexity index is 494. The molecule has 2 aromatic carbocycles. The van der Waals surface area contributed by atoms with Crippen molar-refractivity contribution >= 4 is 5.91 Å². The van der Waals surface area contributed by atoms with Crippen molar-refractivity contribution in [3.63, 3.8) is 0 Å². The van der Waals surface area contributed by atoms with Crippen LogP contribution in [-0.2, 0) is 27.0 Å². The van der Waals surface area contributed by atoms with Crippen LogP contribution in [0.4, 0.5) is 0 Å². The molecule has 2 rings (SSSR count). The third kappa shape index (κ3) is 5.38. The molecule has 0 heterocycles. The van der Waals surface area contributed by atoms with Gasteiger partial charge in [0.25, 0.3) is 5.91 Å². The first kappa shape index (κ1) is 17.6. The molecule has 0 aliphatic carbocycles. The van der Waals surface area contributed by atoms with E-state index < -0.39 is 0 Å². The molecule has 0 aliphatic rings. The molecule has 0 atom stereocenters. The molecule has 3 heteroatoms. The molecule has 0 spiro atoms. The van der Waals surface area contributed by atoms with E-state index in [1.807, 2.05) is 61.5 Å². The third-order valence-corrected chi connectivity index (χ3v) is 2.61. The van der Waals surface area contributed by atoms with Crippen molar-refractivity contribution in [3.8, 4) is 0 Å². The van der Waals surface area contributed by atoms with Gasteiger partial charge >= 0.3 is 0 Å². The van der Waals surface area contributed by atoms with Gasteiger partial charge in [-0.2, -0.15) is 0 Å². The Kier molecular flexibility index (Phi) is 7.99. The van der Waals surface area contributed by atoms with Crippen molar-refractivity contribution in [2.24, 2.45) is 0 Å².